The first-order valence-electron chi connectivity index (χ1n) is 6.46. The Morgan fingerprint density at radius 1 is 1.42 bits per heavy atom. The number of halogens is 1. The minimum absolute atomic E-state index is 0.572. The van der Waals surface area contributed by atoms with Crippen molar-refractivity contribution in [3.05, 3.63) is 35.2 Å². The van der Waals surface area contributed by atoms with E-state index in [1.165, 1.54) is 22.8 Å². The van der Waals surface area contributed by atoms with E-state index in [1.54, 1.807) is 9.39 Å². The third-order valence-electron chi connectivity index (χ3n) is 3.46. The van der Waals surface area contributed by atoms with Crippen molar-refractivity contribution in [1.29, 1.82) is 0 Å². The normalized spacial score (nSPS) is 11.7. The van der Waals surface area contributed by atoms with E-state index in [0.717, 1.165) is 24.0 Å². The second-order valence-corrected chi connectivity index (χ2v) is 5.75. The number of aryl methyl sites for hydroxylation is 1. The molecule has 0 aliphatic rings. The van der Waals surface area contributed by atoms with Gasteiger partial charge in [-0.15, -0.1) is 0 Å². The van der Waals surface area contributed by atoms with Gasteiger partial charge in [0.05, 0.1) is 14.9 Å². The summed E-state index contributed by atoms with van der Waals surface area (Å²) in [5.74, 6) is 0. The van der Waals surface area contributed by atoms with Gasteiger partial charge in [-0.2, -0.15) is 0 Å². The summed E-state index contributed by atoms with van der Waals surface area (Å²) < 4.78 is 2.12. The summed E-state index contributed by atoms with van der Waals surface area (Å²) in [5, 5.41) is 2.95. The molecule has 3 heterocycles. The standard InChI is InChI=1S/C14H15ClN3P/c1-2-3-4-9-7-12(15)17-14-13(9)10-8-16-6-5-11(10)18(14)19/h5-8H,2-4,19H2,1H3/p+1. The van der Waals surface area contributed by atoms with Crippen LogP contribution in [-0.4, -0.2) is 14.3 Å². The molecule has 0 aliphatic carbocycles. The maximum Gasteiger partial charge on any atom is 0.176 e. The Kier molecular flexibility index (Phi) is 3.42. The van der Waals surface area contributed by atoms with Crippen LogP contribution in [0.1, 0.15) is 25.3 Å². The first-order chi connectivity index (χ1) is 9.22. The fourth-order valence-corrected chi connectivity index (χ4v) is 3.25. The van der Waals surface area contributed by atoms with Crippen LogP contribution in [0.15, 0.2) is 24.5 Å². The Morgan fingerprint density at radius 3 is 3.05 bits per heavy atom. The second kappa shape index (κ2) is 5.07. The van der Waals surface area contributed by atoms with Crippen molar-refractivity contribution in [3.63, 3.8) is 0 Å². The number of aromatic nitrogens is 3. The molecule has 0 aliphatic heterocycles. The monoisotopic (exact) mass is 292 g/mol. The summed E-state index contributed by atoms with van der Waals surface area (Å²) in [6.07, 6.45) is 7.11. The number of nitrogens with zero attached hydrogens (tertiary/aromatic N) is 3. The summed E-state index contributed by atoms with van der Waals surface area (Å²) >= 11 is 6.17. The van der Waals surface area contributed by atoms with Gasteiger partial charge in [-0.05, 0) is 30.5 Å². The lowest BCUT2D eigenvalue weighted by molar-refractivity contribution is 0.798. The van der Waals surface area contributed by atoms with Crippen molar-refractivity contribution in [1.82, 2.24) is 14.3 Å². The van der Waals surface area contributed by atoms with Gasteiger partial charge in [-0.3, -0.25) is 4.98 Å². The summed E-state index contributed by atoms with van der Waals surface area (Å²) in [6.45, 7) is 2.20. The predicted octanol–water partition coefficient (Wildman–Crippen LogP) is 3.95. The van der Waals surface area contributed by atoms with Gasteiger partial charge < -0.3 is 0 Å². The highest BCUT2D eigenvalue weighted by molar-refractivity contribution is 7.15. The smallest absolute Gasteiger partial charge is 0.176 e. The fraction of sp³-hybridized carbons (Fsp3) is 0.286. The van der Waals surface area contributed by atoms with Crippen LogP contribution in [0.4, 0.5) is 0 Å². The van der Waals surface area contributed by atoms with Crippen LogP contribution in [0.3, 0.4) is 0 Å². The fourth-order valence-electron chi connectivity index (χ4n) is 2.53. The molecular formula is C14H16ClN3P+. The first-order valence-corrected chi connectivity index (χ1v) is 7.48. The molecule has 1 atom stereocenters. The zero-order valence-corrected chi connectivity index (χ0v) is 13.0. The van der Waals surface area contributed by atoms with Crippen LogP contribution in [0.5, 0.6) is 0 Å². The molecule has 0 saturated carbocycles. The summed E-state index contributed by atoms with van der Waals surface area (Å²) in [6, 6.07) is 4.02. The van der Waals surface area contributed by atoms with Gasteiger partial charge >= 0.3 is 0 Å². The molecular weight excluding hydrogens is 277 g/mol. The van der Waals surface area contributed by atoms with Crippen molar-refractivity contribution in [2.45, 2.75) is 26.2 Å². The molecule has 3 nitrogen and oxygen atoms in total. The third kappa shape index (κ3) is 2.11. The van der Waals surface area contributed by atoms with Crippen molar-refractivity contribution in [3.8, 4) is 0 Å². The molecule has 0 spiro atoms. The Balaban J connectivity index is 2.38. The maximum atomic E-state index is 6.17. The Labute approximate surface area is 119 Å². The van der Waals surface area contributed by atoms with E-state index < -0.39 is 0 Å². The van der Waals surface area contributed by atoms with Gasteiger partial charge in [0.1, 0.15) is 5.15 Å². The number of rotatable bonds is 3. The minimum atomic E-state index is 0.572. The van der Waals surface area contributed by atoms with Gasteiger partial charge in [-0.25, -0.2) is 9.32 Å². The molecule has 0 N–H and O–H groups in total. The van der Waals surface area contributed by atoms with E-state index in [0.29, 0.717) is 5.15 Å². The van der Waals surface area contributed by atoms with Crippen LogP contribution >= 0.6 is 21.0 Å². The number of hydrogen-bond acceptors (Lipinski definition) is 2. The number of hydrogen-bond donors (Lipinski definition) is 0. The van der Waals surface area contributed by atoms with Crippen LogP contribution in [0.2, 0.25) is 5.15 Å². The lowest BCUT2D eigenvalue weighted by Crippen LogP contribution is -1.90. The molecule has 0 amide bonds. The average molecular weight is 293 g/mol. The summed E-state index contributed by atoms with van der Waals surface area (Å²) in [4.78, 5) is 8.74. The summed E-state index contributed by atoms with van der Waals surface area (Å²) in [7, 11) is 1.80. The molecule has 0 bridgehead atoms. The third-order valence-corrected chi connectivity index (χ3v) is 4.30. The molecule has 3 aromatic heterocycles. The van der Waals surface area contributed by atoms with E-state index in [-0.39, 0.29) is 0 Å². The van der Waals surface area contributed by atoms with Gasteiger partial charge in [-0.1, -0.05) is 24.9 Å². The Hall–Kier alpha value is -1.18. The molecule has 0 radical (unpaired) electrons. The van der Waals surface area contributed by atoms with Gasteiger partial charge in [0.25, 0.3) is 0 Å². The lowest BCUT2D eigenvalue weighted by atomic mass is 10.0. The Bertz CT molecular complexity index is 751. The Morgan fingerprint density at radius 2 is 2.26 bits per heavy atom. The summed E-state index contributed by atoms with van der Waals surface area (Å²) in [5.41, 5.74) is 3.40. The van der Waals surface area contributed by atoms with Crippen LogP contribution in [0.25, 0.3) is 21.9 Å². The second-order valence-electron chi connectivity index (χ2n) is 4.73. The largest absolute Gasteiger partial charge is 0.264 e. The van der Waals surface area contributed by atoms with Crippen LogP contribution in [0, 0.1) is 0 Å². The highest BCUT2D eigenvalue weighted by Crippen LogP contribution is 2.33. The van der Waals surface area contributed by atoms with Crippen molar-refractivity contribution in [2.75, 3.05) is 0 Å². The first kappa shape index (κ1) is 12.8. The number of pyridine rings is 2. The highest BCUT2D eigenvalue weighted by atomic mass is 35.5. The molecule has 0 fully saturated rings. The SMILES string of the molecule is CCCCc1cc(Cl)nc2c1c1cnccc1n2[PH3+]. The van der Waals surface area contributed by atoms with Crippen molar-refractivity contribution < 1.29 is 0 Å². The minimum Gasteiger partial charge on any atom is -0.264 e. The topological polar surface area (TPSA) is 30.7 Å². The molecule has 0 saturated heterocycles. The zero-order chi connectivity index (χ0) is 13.4. The van der Waals surface area contributed by atoms with Gasteiger partial charge in [0.15, 0.2) is 5.65 Å². The predicted molar refractivity (Wildman–Crippen MR) is 85.2 cm³/mol. The lowest BCUT2D eigenvalue weighted by Gasteiger charge is -2.03. The molecule has 5 heteroatoms. The van der Waals surface area contributed by atoms with E-state index in [4.69, 9.17) is 11.6 Å². The van der Waals surface area contributed by atoms with E-state index in [9.17, 15) is 0 Å². The van der Waals surface area contributed by atoms with Crippen LogP contribution < -0.4 is 0 Å². The maximum absolute atomic E-state index is 6.17. The van der Waals surface area contributed by atoms with E-state index >= 15 is 0 Å². The number of fused-ring (bicyclic) bond motifs is 3. The molecule has 1 unspecified atom stereocenters. The zero-order valence-electron chi connectivity index (χ0n) is 10.9. The van der Waals surface area contributed by atoms with Gasteiger partial charge in [0.2, 0.25) is 0 Å². The van der Waals surface area contributed by atoms with E-state index in [1.807, 2.05) is 24.5 Å². The van der Waals surface area contributed by atoms with Crippen molar-refractivity contribution in [2.24, 2.45) is 0 Å². The molecule has 98 valence electrons. The molecule has 19 heavy (non-hydrogen) atoms. The average Bonchev–Trinajstić information content (AvgIpc) is 2.70. The van der Waals surface area contributed by atoms with Crippen LogP contribution in [-0.2, 0) is 6.42 Å². The number of unbranched alkanes of at least 4 members (excludes halogenated alkanes) is 1. The van der Waals surface area contributed by atoms with Gasteiger partial charge in [0, 0.05) is 23.2 Å². The molecule has 0 aromatic carbocycles. The van der Waals surface area contributed by atoms with Crippen molar-refractivity contribution >= 4 is 42.9 Å². The van der Waals surface area contributed by atoms with E-state index in [2.05, 4.69) is 21.2 Å². The molecule has 3 rings (SSSR count). The quantitative estimate of drug-likeness (QED) is 0.540. The molecule has 3 aromatic rings. The highest BCUT2D eigenvalue weighted by Gasteiger charge is 2.16.